The maximum absolute atomic E-state index is 3.66. The minimum absolute atomic E-state index is 0. The monoisotopic (exact) mass is 500 g/mol. The lowest BCUT2D eigenvalue weighted by Gasteiger charge is -1.90. The molecule has 108 valence electrons. The lowest BCUT2D eigenvalue weighted by atomic mass is 10.2. The summed E-state index contributed by atoms with van der Waals surface area (Å²) in [5.41, 5.74) is 2.35. The molecule has 0 aliphatic heterocycles. The molecule has 0 N–H and O–H groups in total. The van der Waals surface area contributed by atoms with Crippen molar-refractivity contribution in [2.75, 3.05) is 0 Å². The van der Waals surface area contributed by atoms with Gasteiger partial charge in [0.25, 0.3) is 0 Å². The maximum Gasteiger partial charge on any atom is 0.0130 e. The average molecular weight is 500 g/mol. The van der Waals surface area contributed by atoms with Gasteiger partial charge in [-0.3, -0.25) is 9.41 Å². The first-order chi connectivity index (χ1) is 8.65. The van der Waals surface area contributed by atoms with Crippen LogP contribution in [0.2, 0.25) is 0 Å². The van der Waals surface area contributed by atoms with E-state index in [-0.39, 0.29) is 9.41 Å². The van der Waals surface area contributed by atoms with Crippen LogP contribution in [0.1, 0.15) is 11.1 Å². The van der Waals surface area contributed by atoms with E-state index in [1.807, 2.05) is 12.2 Å². The van der Waals surface area contributed by atoms with Crippen molar-refractivity contribution < 1.29 is 9.41 Å². The van der Waals surface area contributed by atoms with E-state index < -0.39 is 0 Å². The van der Waals surface area contributed by atoms with E-state index in [9.17, 15) is 0 Å². The van der Waals surface area contributed by atoms with E-state index in [4.69, 9.17) is 0 Å². The molecule has 20 heavy (non-hydrogen) atoms. The first kappa shape index (κ1) is 21.5. The van der Waals surface area contributed by atoms with Crippen LogP contribution < -0.4 is 0 Å². The SMILES string of the molecule is C=Cc1ccc(I)cc1.C=Cc1ccc(I)cc1.F.F. The van der Waals surface area contributed by atoms with Crippen LogP contribution in [0.3, 0.4) is 0 Å². The maximum atomic E-state index is 3.66. The molecule has 0 heterocycles. The molecule has 0 atom stereocenters. The fourth-order valence-electron chi connectivity index (χ4n) is 1.20. The summed E-state index contributed by atoms with van der Waals surface area (Å²) < 4.78 is 2.52. The van der Waals surface area contributed by atoms with Gasteiger partial charge in [0.05, 0.1) is 0 Å². The Kier molecular flexibility index (Phi) is 12.9. The van der Waals surface area contributed by atoms with E-state index in [1.165, 1.54) is 18.3 Å². The summed E-state index contributed by atoms with van der Waals surface area (Å²) in [5, 5.41) is 0. The normalized spacial score (nSPS) is 8.10. The van der Waals surface area contributed by atoms with Crippen LogP contribution in [0, 0.1) is 7.14 Å². The molecule has 0 aromatic heterocycles. The minimum Gasteiger partial charge on any atom is -0.269 e. The summed E-state index contributed by atoms with van der Waals surface area (Å²) in [7, 11) is 0. The molecular formula is C16H16F2I2. The quantitative estimate of drug-likeness (QED) is 0.433. The summed E-state index contributed by atoms with van der Waals surface area (Å²) >= 11 is 4.56. The third kappa shape index (κ3) is 8.42. The Morgan fingerprint density at radius 2 is 0.850 bits per heavy atom. The molecule has 0 saturated heterocycles. The first-order valence-electron chi connectivity index (χ1n) is 5.41. The highest BCUT2D eigenvalue weighted by molar-refractivity contribution is 14.1. The van der Waals surface area contributed by atoms with E-state index in [0.29, 0.717) is 0 Å². The van der Waals surface area contributed by atoms with E-state index in [0.717, 1.165) is 0 Å². The van der Waals surface area contributed by atoms with Crippen molar-refractivity contribution in [3.63, 3.8) is 0 Å². The molecule has 2 rings (SSSR count). The predicted molar refractivity (Wildman–Crippen MR) is 104 cm³/mol. The van der Waals surface area contributed by atoms with E-state index in [2.05, 4.69) is 107 Å². The standard InChI is InChI=1S/2C8H7I.2FH/c2*1-2-7-3-5-8(9)6-4-7;;/h2*2-6H,1H2;2*1H. The summed E-state index contributed by atoms with van der Waals surface area (Å²) in [5.74, 6) is 0. The van der Waals surface area contributed by atoms with E-state index >= 15 is 0 Å². The molecule has 0 amide bonds. The smallest absolute Gasteiger partial charge is 0.0130 e. The number of hydrogen-bond acceptors (Lipinski definition) is 0. The van der Waals surface area contributed by atoms with Crippen LogP contribution in [0.15, 0.2) is 61.7 Å². The van der Waals surface area contributed by atoms with Crippen LogP contribution in [-0.4, -0.2) is 0 Å². The van der Waals surface area contributed by atoms with Crippen LogP contribution in [0.4, 0.5) is 9.41 Å². The minimum atomic E-state index is 0. The molecule has 0 radical (unpaired) electrons. The second-order valence-corrected chi connectivity index (χ2v) is 6.00. The van der Waals surface area contributed by atoms with Crippen LogP contribution in [-0.2, 0) is 0 Å². The topological polar surface area (TPSA) is 0 Å². The van der Waals surface area contributed by atoms with Gasteiger partial charge in [0.1, 0.15) is 0 Å². The highest BCUT2D eigenvalue weighted by atomic mass is 127. The zero-order valence-corrected chi connectivity index (χ0v) is 15.1. The zero-order valence-electron chi connectivity index (χ0n) is 10.8. The first-order valence-corrected chi connectivity index (χ1v) is 7.57. The van der Waals surface area contributed by atoms with Crippen molar-refractivity contribution in [3.8, 4) is 0 Å². The fourth-order valence-corrected chi connectivity index (χ4v) is 1.92. The molecule has 4 heteroatoms. The van der Waals surface area contributed by atoms with Crippen molar-refractivity contribution >= 4 is 57.3 Å². The zero-order chi connectivity index (χ0) is 13.4. The van der Waals surface area contributed by atoms with Gasteiger partial charge in [0.15, 0.2) is 0 Å². The predicted octanol–water partition coefficient (Wildman–Crippen LogP) is 6.17. The van der Waals surface area contributed by atoms with Crippen molar-refractivity contribution in [2.24, 2.45) is 0 Å². The van der Waals surface area contributed by atoms with Crippen molar-refractivity contribution in [1.82, 2.24) is 0 Å². The lowest BCUT2D eigenvalue weighted by molar-refractivity contribution is 1.11. The largest absolute Gasteiger partial charge is 0.269 e. The Balaban J connectivity index is 0. The van der Waals surface area contributed by atoms with Crippen LogP contribution >= 0.6 is 45.2 Å². The Labute approximate surface area is 146 Å². The Morgan fingerprint density at radius 3 is 1.05 bits per heavy atom. The summed E-state index contributed by atoms with van der Waals surface area (Å²) in [6.45, 7) is 7.32. The van der Waals surface area contributed by atoms with Crippen molar-refractivity contribution in [1.29, 1.82) is 0 Å². The van der Waals surface area contributed by atoms with Gasteiger partial charge in [-0.1, -0.05) is 49.6 Å². The van der Waals surface area contributed by atoms with Gasteiger partial charge >= 0.3 is 0 Å². The second-order valence-electron chi connectivity index (χ2n) is 3.51. The van der Waals surface area contributed by atoms with Gasteiger partial charge in [-0.05, 0) is 80.6 Å². The highest BCUT2D eigenvalue weighted by Crippen LogP contribution is 2.07. The lowest BCUT2D eigenvalue weighted by Crippen LogP contribution is -1.70. The average Bonchev–Trinajstić information content (AvgIpc) is 2.41. The van der Waals surface area contributed by atoms with Crippen LogP contribution in [0.25, 0.3) is 12.2 Å². The molecule has 0 fully saturated rings. The summed E-state index contributed by atoms with van der Waals surface area (Å²) in [6.07, 6.45) is 3.69. The van der Waals surface area contributed by atoms with Crippen LogP contribution in [0.5, 0.6) is 0 Å². The molecule has 2 aromatic rings. The second kappa shape index (κ2) is 12.0. The Bertz CT molecular complexity index is 456. The molecule has 0 aliphatic rings. The van der Waals surface area contributed by atoms with Crippen molar-refractivity contribution in [3.05, 3.63) is 80.0 Å². The molecular weight excluding hydrogens is 484 g/mol. The van der Waals surface area contributed by atoms with Gasteiger partial charge in [0.2, 0.25) is 0 Å². The molecule has 0 bridgehead atoms. The Morgan fingerprint density at radius 1 is 0.600 bits per heavy atom. The van der Waals surface area contributed by atoms with Gasteiger partial charge < -0.3 is 0 Å². The third-order valence-electron chi connectivity index (χ3n) is 2.21. The van der Waals surface area contributed by atoms with E-state index in [1.54, 1.807) is 0 Å². The molecule has 2 aromatic carbocycles. The number of hydrogen-bond donors (Lipinski definition) is 0. The molecule has 0 saturated carbocycles. The summed E-state index contributed by atoms with van der Waals surface area (Å²) in [4.78, 5) is 0. The van der Waals surface area contributed by atoms with Gasteiger partial charge in [0, 0.05) is 7.14 Å². The highest BCUT2D eigenvalue weighted by Gasteiger charge is 1.84. The van der Waals surface area contributed by atoms with Gasteiger partial charge in [-0.25, -0.2) is 0 Å². The molecule has 0 unspecified atom stereocenters. The Hall–Kier alpha value is -0.760. The number of benzene rings is 2. The number of halogens is 4. The van der Waals surface area contributed by atoms with Gasteiger partial charge in [-0.2, -0.15) is 0 Å². The molecule has 0 spiro atoms. The molecule has 0 aliphatic carbocycles. The fraction of sp³-hybridized carbons (Fsp3) is 0. The third-order valence-corrected chi connectivity index (χ3v) is 3.65. The van der Waals surface area contributed by atoms with Crippen molar-refractivity contribution in [2.45, 2.75) is 0 Å². The summed E-state index contributed by atoms with van der Waals surface area (Å²) in [6, 6.07) is 16.5. The molecule has 0 nitrogen and oxygen atoms in total. The van der Waals surface area contributed by atoms with Gasteiger partial charge in [-0.15, -0.1) is 0 Å². The number of rotatable bonds is 2.